The van der Waals surface area contributed by atoms with Gasteiger partial charge < -0.3 is 5.11 Å². The van der Waals surface area contributed by atoms with Crippen molar-refractivity contribution in [1.82, 2.24) is 0 Å². The van der Waals surface area contributed by atoms with Gasteiger partial charge in [-0.2, -0.15) is 0 Å². The first-order valence-electron chi connectivity index (χ1n) is 5.16. The number of para-hydroxylation sites is 1. The topological polar surface area (TPSA) is 66.4 Å². The minimum absolute atomic E-state index is 0.0731. The van der Waals surface area contributed by atoms with Crippen LogP contribution in [0, 0.1) is 5.82 Å². The molecule has 0 saturated carbocycles. The third kappa shape index (κ3) is 3.05. The predicted octanol–water partition coefficient (Wildman–Crippen LogP) is 3.09. The van der Waals surface area contributed by atoms with Crippen molar-refractivity contribution >= 4 is 31.6 Å². The molecule has 0 atom stereocenters. The Kier molecular flexibility index (Phi) is 3.77. The Hall–Kier alpha value is -1.60. The Morgan fingerprint density at radius 1 is 1.16 bits per heavy atom. The van der Waals surface area contributed by atoms with E-state index in [1.807, 2.05) is 0 Å². The highest BCUT2D eigenvalue weighted by molar-refractivity contribution is 9.10. The lowest BCUT2D eigenvalue weighted by atomic mass is 10.3. The van der Waals surface area contributed by atoms with Crippen LogP contribution in [0.2, 0.25) is 0 Å². The van der Waals surface area contributed by atoms with E-state index < -0.39 is 15.8 Å². The van der Waals surface area contributed by atoms with Crippen molar-refractivity contribution in [2.24, 2.45) is 0 Å². The summed E-state index contributed by atoms with van der Waals surface area (Å²) in [7, 11) is -3.96. The van der Waals surface area contributed by atoms with E-state index in [0.717, 1.165) is 6.07 Å². The van der Waals surface area contributed by atoms with Crippen LogP contribution in [0.3, 0.4) is 0 Å². The van der Waals surface area contributed by atoms with Crippen molar-refractivity contribution in [2.45, 2.75) is 4.90 Å². The van der Waals surface area contributed by atoms with Gasteiger partial charge in [0.2, 0.25) is 0 Å². The molecule has 0 unspecified atom stereocenters. The van der Waals surface area contributed by atoms with Gasteiger partial charge in [-0.3, -0.25) is 4.72 Å². The van der Waals surface area contributed by atoms with E-state index in [0.29, 0.717) is 0 Å². The number of halogens is 2. The van der Waals surface area contributed by atoms with Crippen LogP contribution in [0.1, 0.15) is 0 Å². The van der Waals surface area contributed by atoms with Crippen molar-refractivity contribution in [3.63, 3.8) is 0 Å². The van der Waals surface area contributed by atoms with Crippen molar-refractivity contribution in [3.8, 4) is 5.75 Å². The van der Waals surface area contributed by atoms with E-state index in [2.05, 4.69) is 20.7 Å². The molecule has 100 valence electrons. The fraction of sp³-hybridized carbons (Fsp3) is 0. The standard InChI is InChI=1S/C12H9BrFNO3S/c13-9-6-5-8(7-10(9)14)15-19(17,18)12-4-2-1-3-11(12)16/h1-7,15-16H. The number of aromatic hydroxyl groups is 1. The molecule has 0 heterocycles. The molecule has 0 aliphatic carbocycles. The van der Waals surface area contributed by atoms with Crippen LogP contribution in [0.4, 0.5) is 10.1 Å². The third-order valence-electron chi connectivity index (χ3n) is 2.33. The van der Waals surface area contributed by atoms with E-state index in [1.54, 1.807) is 0 Å². The molecule has 0 amide bonds. The number of phenols is 1. The average molecular weight is 346 g/mol. The lowest BCUT2D eigenvalue weighted by molar-refractivity contribution is 0.459. The van der Waals surface area contributed by atoms with Gasteiger partial charge >= 0.3 is 0 Å². The SMILES string of the molecule is O=S(=O)(Nc1ccc(Br)c(F)c1)c1ccccc1O. The van der Waals surface area contributed by atoms with E-state index in [1.165, 1.54) is 36.4 Å². The average Bonchev–Trinajstić information content (AvgIpc) is 2.34. The molecule has 0 spiro atoms. The zero-order chi connectivity index (χ0) is 14.0. The van der Waals surface area contributed by atoms with E-state index in [-0.39, 0.29) is 20.8 Å². The van der Waals surface area contributed by atoms with E-state index in [4.69, 9.17) is 0 Å². The summed E-state index contributed by atoms with van der Waals surface area (Å²) < 4.78 is 39.8. The Morgan fingerprint density at radius 3 is 2.47 bits per heavy atom. The molecule has 0 aromatic heterocycles. The summed E-state index contributed by atoms with van der Waals surface area (Å²) in [6, 6.07) is 9.35. The van der Waals surface area contributed by atoms with Gasteiger partial charge in [-0.25, -0.2) is 12.8 Å². The molecule has 2 aromatic carbocycles. The minimum atomic E-state index is -3.96. The molecule has 0 fully saturated rings. The fourth-order valence-electron chi connectivity index (χ4n) is 1.45. The number of rotatable bonds is 3. The molecule has 0 aliphatic heterocycles. The summed E-state index contributed by atoms with van der Waals surface area (Å²) in [5.74, 6) is -0.954. The molecule has 0 aliphatic rings. The molecule has 0 saturated heterocycles. The quantitative estimate of drug-likeness (QED) is 0.898. The maximum Gasteiger partial charge on any atom is 0.265 e. The highest BCUT2D eigenvalue weighted by Gasteiger charge is 2.18. The van der Waals surface area contributed by atoms with Crippen LogP contribution in [0.25, 0.3) is 0 Å². The van der Waals surface area contributed by atoms with Gasteiger partial charge in [0.05, 0.1) is 10.2 Å². The van der Waals surface area contributed by atoms with Gasteiger partial charge in [0, 0.05) is 0 Å². The van der Waals surface area contributed by atoms with Crippen molar-refractivity contribution in [2.75, 3.05) is 4.72 Å². The Morgan fingerprint density at radius 2 is 1.84 bits per heavy atom. The number of hydrogen-bond acceptors (Lipinski definition) is 3. The summed E-state index contributed by atoms with van der Waals surface area (Å²) >= 11 is 2.97. The molecule has 0 bridgehead atoms. The maximum absolute atomic E-state index is 13.3. The molecule has 2 aromatic rings. The zero-order valence-electron chi connectivity index (χ0n) is 9.47. The number of phenolic OH excluding ortho intramolecular Hbond substituents is 1. The van der Waals surface area contributed by atoms with Gasteiger partial charge in [-0.1, -0.05) is 12.1 Å². The minimum Gasteiger partial charge on any atom is -0.507 e. The predicted molar refractivity (Wildman–Crippen MR) is 73.0 cm³/mol. The first-order valence-corrected chi connectivity index (χ1v) is 7.43. The van der Waals surface area contributed by atoms with Crippen LogP contribution in [-0.4, -0.2) is 13.5 Å². The molecule has 2 rings (SSSR count). The first kappa shape index (κ1) is 13.8. The molecule has 0 radical (unpaired) electrons. The summed E-state index contributed by atoms with van der Waals surface area (Å²) in [5.41, 5.74) is 0.0731. The summed E-state index contributed by atoms with van der Waals surface area (Å²) in [4.78, 5) is -0.265. The number of hydrogen-bond donors (Lipinski definition) is 2. The van der Waals surface area contributed by atoms with Crippen molar-refractivity contribution in [1.29, 1.82) is 0 Å². The van der Waals surface area contributed by atoms with Gasteiger partial charge in [0.15, 0.2) is 0 Å². The van der Waals surface area contributed by atoms with Gasteiger partial charge in [0.1, 0.15) is 16.5 Å². The monoisotopic (exact) mass is 345 g/mol. The van der Waals surface area contributed by atoms with Gasteiger partial charge in [0.25, 0.3) is 10.0 Å². The van der Waals surface area contributed by atoms with Crippen LogP contribution in [0.5, 0.6) is 5.75 Å². The fourth-order valence-corrected chi connectivity index (χ4v) is 2.85. The highest BCUT2D eigenvalue weighted by atomic mass is 79.9. The molecule has 7 heteroatoms. The maximum atomic E-state index is 13.3. The highest BCUT2D eigenvalue weighted by Crippen LogP contribution is 2.25. The second kappa shape index (κ2) is 5.18. The molecule has 4 nitrogen and oxygen atoms in total. The van der Waals surface area contributed by atoms with Crippen LogP contribution >= 0.6 is 15.9 Å². The summed E-state index contributed by atoms with van der Waals surface area (Å²) in [6.07, 6.45) is 0. The van der Waals surface area contributed by atoms with Crippen molar-refractivity contribution in [3.05, 3.63) is 52.8 Å². The Bertz CT molecular complexity index is 719. The summed E-state index contributed by atoms with van der Waals surface area (Å²) in [5, 5.41) is 9.52. The molecular weight excluding hydrogens is 337 g/mol. The lowest BCUT2D eigenvalue weighted by Gasteiger charge is -2.09. The second-order valence-electron chi connectivity index (χ2n) is 3.70. The number of sulfonamides is 1. The number of benzene rings is 2. The largest absolute Gasteiger partial charge is 0.507 e. The summed E-state index contributed by atoms with van der Waals surface area (Å²) in [6.45, 7) is 0. The number of anilines is 1. The lowest BCUT2D eigenvalue weighted by Crippen LogP contribution is -2.13. The molecule has 19 heavy (non-hydrogen) atoms. The Balaban J connectivity index is 2.37. The second-order valence-corrected chi connectivity index (χ2v) is 6.21. The molecule has 2 N–H and O–H groups in total. The smallest absolute Gasteiger partial charge is 0.265 e. The number of nitrogens with one attached hydrogen (secondary N) is 1. The van der Waals surface area contributed by atoms with Crippen LogP contribution in [0.15, 0.2) is 51.8 Å². The van der Waals surface area contributed by atoms with E-state index in [9.17, 15) is 17.9 Å². The van der Waals surface area contributed by atoms with Gasteiger partial charge in [-0.15, -0.1) is 0 Å². The Labute approximate surface area is 118 Å². The molecular formula is C12H9BrFNO3S. The first-order chi connectivity index (χ1) is 8.90. The van der Waals surface area contributed by atoms with Crippen LogP contribution < -0.4 is 4.72 Å². The third-order valence-corrected chi connectivity index (χ3v) is 4.40. The van der Waals surface area contributed by atoms with E-state index >= 15 is 0 Å². The van der Waals surface area contributed by atoms with Crippen LogP contribution in [-0.2, 0) is 10.0 Å². The van der Waals surface area contributed by atoms with Crippen molar-refractivity contribution < 1.29 is 17.9 Å². The normalized spacial score (nSPS) is 11.3. The zero-order valence-corrected chi connectivity index (χ0v) is 11.9. The van der Waals surface area contributed by atoms with Gasteiger partial charge in [-0.05, 0) is 46.3 Å².